The van der Waals surface area contributed by atoms with Crippen molar-refractivity contribution in [2.45, 2.75) is 25.6 Å². The first kappa shape index (κ1) is 13.3. The summed E-state index contributed by atoms with van der Waals surface area (Å²) in [5.74, 6) is 0.537. The molecule has 0 unspecified atom stereocenters. The van der Waals surface area contributed by atoms with Crippen LogP contribution < -0.4 is 5.73 Å². The summed E-state index contributed by atoms with van der Waals surface area (Å²) in [5, 5.41) is 11.2. The molecule has 0 spiro atoms. The maximum absolute atomic E-state index is 10.9. The number of nitro groups is 1. The third-order valence-corrected chi connectivity index (χ3v) is 3.48. The van der Waals surface area contributed by atoms with Crippen LogP contribution >= 0.6 is 11.6 Å². The molecule has 1 saturated carbocycles. The van der Waals surface area contributed by atoms with Crippen LogP contribution in [0.2, 0.25) is 5.02 Å². The minimum atomic E-state index is -0.436. The lowest BCUT2D eigenvalue weighted by Gasteiger charge is -2.34. The van der Waals surface area contributed by atoms with E-state index < -0.39 is 4.92 Å². The molecule has 1 aromatic rings. The van der Waals surface area contributed by atoms with Gasteiger partial charge >= 0.3 is 0 Å². The van der Waals surface area contributed by atoms with Crippen LogP contribution in [0, 0.1) is 16.0 Å². The summed E-state index contributed by atoms with van der Waals surface area (Å²) < 4.78 is 5.62. The Hall–Kier alpha value is -1.17. The highest BCUT2D eigenvalue weighted by molar-refractivity contribution is 6.30. The van der Waals surface area contributed by atoms with Gasteiger partial charge < -0.3 is 10.5 Å². The summed E-state index contributed by atoms with van der Waals surface area (Å²) in [6.45, 7) is 0.927. The lowest BCUT2D eigenvalue weighted by atomic mass is 9.82. The van der Waals surface area contributed by atoms with Crippen molar-refractivity contribution in [1.82, 2.24) is 0 Å². The molecule has 2 N–H and O–H groups in total. The van der Waals surface area contributed by atoms with Crippen molar-refractivity contribution in [3.05, 3.63) is 38.9 Å². The van der Waals surface area contributed by atoms with Crippen molar-refractivity contribution in [3.63, 3.8) is 0 Å². The van der Waals surface area contributed by atoms with Crippen LogP contribution in [-0.4, -0.2) is 17.6 Å². The van der Waals surface area contributed by atoms with Crippen molar-refractivity contribution < 1.29 is 9.66 Å². The van der Waals surface area contributed by atoms with Gasteiger partial charge in [-0.25, -0.2) is 0 Å². The van der Waals surface area contributed by atoms with Crippen LogP contribution in [0.25, 0.3) is 0 Å². The van der Waals surface area contributed by atoms with Crippen LogP contribution in [0.5, 0.6) is 0 Å². The van der Waals surface area contributed by atoms with E-state index in [4.69, 9.17) is 22.1 Å². The second-order valence-electron chi connectivity index (χ2n) is 4.54. The molecule has 0 aromatic heterocycles. The van der Waals surface area contributed by atoms with Gasteiger partial charge in [-0.1, -0.05) is 11.6 Å². The van der Waals surface area contributed by atoms with Gasteiger partial charge in [-0.2, -0.15) is 0 Å². The predicted octanol–water partition coefficient (Wildman–Crippen LogP) is 2.50. The molecular formula is C12H15ClN2O3. The summed E-state index contributed by atoms with van der Waals surface area (Å²) in [6.07, 6.45) is 2.06. The average Bonchev–Trinajstić information content (AvgIpc) is 2.28. The number of rotatable bonds is 5. The van der Waals surface area contributed by atoms with E-state index in [1.165, 1.54) is 6.07 Å². The zero-order valence-electron chi connectivity index (χ0n) is 9.84. The number of nitro benzene ring substituents is 1. The summed E-state index contributed by atoms with van der Waals surface area (Å²) in [5.41, 5.74) is 6.09. The fourth-order valence-corrected chi connectivity index (χ4v) is 2.21. The van der Waals surface area contributed by atoms with Crippen molar-refractivity contribution in [2.75, 3.05) is 6.54 Å². The SMILES string of the molecule is NCC1CC(OCc2ccc(Cl)cc2[N+](=O)[O-])C1. The molecule has 0 radical (unpaired) electrons. The number of hydrogen-bond donors (Lipinski definition) is 1. The van der Waals surface area contributed by atoms with Crippen LogP contribution in [0.1, 0.15) is 18.4 Å². The zero-order valence-corrected chi connectivity index (χ0v) is 10.6. The molecule has 1 aliphatic rings. The minimum Gasteiger partial charge on any atom is -0.373 e. The molecule has 0 saturated heterocycles. The van der Waals surface area contributed by atoms with E-state index in [-0.39, 0.29) is 18.4 Å². The molecule has 1 aliphatic carbocycles. The normalized spacial score (nSPS) is 22.6. The molecule has 0 heterocycles. The summed E-state index contributed by atoms with van der Waals surface area (Å²) >= 11 is 5.74. The first-order valence-corrected chi connectivity index (χ1v) is 6.22. The van der Waals surface area contributed by atoms with E-state index in [0.29, 0.717) is 23.0 Å². The van der Waals surface area contributed by atoms with Crippen molar-refractivity contribution in [3.8, 4) is 0 Å². The number of nitrogens with two attached hydrogens (primary N) is 1. The van der Waals surface area contributed by atoms with Gasteiger partial charge in [0, 0.05) is 11.1 Å². The van der Waals surface area contributed by atoms with Crippen molar-refractivity contribution >= 4 is 17.3 Å². The Morgan fingerprint density at radius 2 is 2.22 bits per heavy atom. The maximum Gasteiger partial charge on any atom is 0.276 e. The second-order valence-corrected chi connectivity index (χ2v) is 4.97. The van der Waals surface area contributed by atoms with Crippen LogP contribution in [0.3, 0.4) is 0 Å². The lowest BCUT2D eigenvalue weighted by molar-refractivity contribution is -0.386. The molecule has 5 nitrogen and oxygen atoms in total. The van der Waals surface area contributed by atoms with Gasteiger partial charge in [-0.15, -0.1) is 0 Å². The average molecular weight is 271 g/mol. The van der Waals surface area contributed by atoms with E-state index in [2.05, 4.69) is 0 Å². The molecular weight excluding hydrogens is 256 g/mol. The highest BCUT2D eigenvalue weighted by Crippen LogP contribution is 2.31. The molecule has 0 amide bonds. The van der Waals surface area contributed by atoms with Crippen molar-refractivity contribution in [2.24, 2.45) is 11.7 Å². The molecule has 18 heavy (non-hydrogen) atoms. The smallest absolute Gasteiger partial charge is 0.276 e. The van der Waals surface area contributed by atoms with E-state index >= 15 is 0 Å². The Bertz CT molecular complexity index is 447. The topological polar surface area (TPSA) is 78.4 Å². The molecule has 98 valence electrons. The van der Waals surface area contributed by atoms with E-state index in [9.17, 15) is 10.1 Å². The third-order valence-electron chi connectivity index (χ3n) is 3.24. The summed E-state index contributed by atoms with van der Waals surface area (Å²) in [7, 11) is 0. The zero-order chi connectivity index (χ0) is 13.1. The number of benzene rings is 1. The number of nitrogens with zero attached hydrogens (tertiary/aromatic N) is 1. The highest BCUT2D eigenvalue weighted by atomic mass is 35.5. The number of ether oxygens (including phenoxy) is 1. The highest BCUT2D eigenvalue weighted by Gasteiger charge is 2.29. The maximum atomic E-state index is 10.9. The Kier molecular flexibility index (Phi) is 4.16. The fourth-order valence-electron chi connectivity index (χ4n) is 2.04. The molecule has 1 aromatic carbocycles. The van der Waals surface area contributed by atoms with Crippen LogP contribution in [0.4, 0.5) is 5.69 Å². The molecule has 0 bridgehead atoms. The second kappa shape index (κ2) is 5.65. The van der Waals surface area contributed by atoms with E-state index in [1.807, 2.05) is 0 Å². The van der Waals surface area contributed by atoms with Crippen LogP contribution in [-0.2, 0) is 11.3 Å². The standard InChI is InChI=1S/C12H15ClN2O3/c13-10-2-1-9(12(5-10)15(16)17)7-18-11-3-8(4-11)6-14/h1-2,5,8,11H,3-4,6-7,14H2. The Labute approximate surface area is 110 Å². The molecule has 6 heteroatoms. The molecule has 0 aliphatic heterocycles. The van der Waals surface area contributed by atoms with E-state index in [1.54, 1.807) is 12.1 Å². The fraction of sp³-hybridized carbons (Fsp3) is 0.500. The number of halogens is 1. The first-order valence-electron chi connectivity index (χ1n) is 5.84. The minimum absolute atomic E-state index is 0.0113. The van der Waals surface area contributed by atoms with Gasteiger partial charge in [0.05, 0.1) is 23.2 Å². The van der Waals surface area contributed by atoms with Gasteiger partial charge in [0.2, 0.25) is 0 Å². The Morgan fingerprint density at radius 1 is 1.50 bits per heavy atom. The molecule has 2 rings (SSSR count). The quantitative estimate of drug-likeness (QED) is 0.659. The van der Waals surface area contributed by atoms with Gasteiger partial charge in [-0.3, -0.25) is 10.1 Å². The van der Waals surface area contributed by atoms with Gasteiger partial charge in [-0.05, 0) is 37.4 Å². The molecule has 0 atom stereocenters. The largest absolute Gasteiger partial charge is 0.373 e. The van der Waals surface area contributed by atoms with Gasteiger partial charge in [0.1, 0.15) is 0 Å². The Morgan fingerprint density at radius 3 is 2.83 bits per heavy atom. The van der Waals surface area contributed by atoms with Gasteiger partial charge in [0.15, 0.2) is 0 Å². The Balaban J connectivity index is 1.95. The third kappa shape index (κ3) is 2.98. The van der Waals surface area contributed by atoms with Gasteiger partial charge in [0.25, 0.3) is 5.69 Å². The molecule has 1 fully saturated rings. The summed E-state index contributed by atoms with van der Waals surface area (Å²) in [4.78, 5) is 10.4. The number of hydrogen-bond acceptors (Lipinski definition) is 4. The monoisotopic (exact) mass is 270 g/mol. The van der Waals surface area contributed by atoms with Crippen molar-refractivity contribution in [1.29, 1.82) is 0 Å². The lowest BCUT2D eigenvalue weighted by Crippen LogP contribution is -2.35. The van der Waals surface area contributed by atoms with Crippen LogP contribution in [0.15, 0.2) is 18.2 Å². The summed E-state index contributed by atoms with van der Waals surface area (Å²) in [6, 6.07) is 4.62. The first-order chi connectivity index (χ1) is 8.60. The predicted molar refractivity (Wildman–Crippen MR) is 68.5 cm³/mol. The van der Waals surface area contributed by atoms with E-state index in [0.717, 1.165) is 12.8 Å².